The Hall–Kier alpha value is -1.64. The number of ketones is 1. The van der Waals surface area contributed by atoms with Gasteiger partial charge in [0.1, 0.15) is 5.69 Å². The van der Waals surface area contributed by atoms with E-state index in [1.807, 2.05) is 44.3 Å². The van der Waals surface area contributed by atoms with Crippen LogP contribution in [0, 0.1) is 5.92 Å². The maximum absolute atomic E-state index is 11.6. The highest BCUT2D eigenvalue weighted by atomic mass is 16.1. The van der Waals surface area contributed by atoms with E-state index in [0.717, 1.165) is 5.52 Å². The molecule has 0 saturated carbocycles. The molecule has 3 heteroatoms. The minimum atomic E-state index is -0.0000813. The number of carbonyl (C=O) groups is 1. The lowest BCUT2D eigenvalue weighted by Gasteiger charge is -1.97. The van der Waals surface area contributed by atoms with Crippen LogP contribution in [0.4, 0.5) is 0 Å². The maximum atomic E-state index is 11.6. The summed E-state index contributed by atoms with van der Waals surface area (Å²) in [6.45, 7) is 3.76. The zero-order valence-corrected chi connectivity index (χ0v) is 8.27. The number of rotatable bonds is 2. The maximum Gasteiger partial charge on any atom is 0.185 e. The molecule has 2 rings (SSSR count). The first-order chi connectivity index (χ1) is 6.68. The van der Waals surface area contributed by atoms with E-state index in [1.165, 1.54) is 0 Å². The van der Waals surface area contributed by atoms with Gasteiger partial charge in [-0.25, -0.2) is 4.52 Å². The van der Waals surface area contributed by atoms with Gasteiger partial charge in [-0.05, 0) is 18.2 Å². The van der Waals surface area contributed by atoms with Crippen LogP contribution in [-0.2, 0) is 0 Å². The molecule has 0 bridgehead atoms. The Morgan fingerprint density at radius 2 is 2.21 bits per heavy atom. The van der Waals surface area contributed by atoms with Gasteiger partial charge in [-0.3, -0.25) is 4.79 Å². The highest BCUT2D eigenvalue weighted by Crippen LogP contribution is 2.10. The van der Waals surface area contributed by atoms with Crippen molar-refractivity contribution < 1.29 is 4.79 Å². The summed E-state index contributed by atoms with van der Waals surface area (Å²) in [6, 6.07) is 7.58. The molecule has 0 N–H and O–H groups in total. The molecule has 0 spiro atoms. The molecule has 0 atom stereocenters. The van der Waals surface area contributed by atoms with Crippen LogP contribution < -0.4 is 0 Å². The summed E-state index contributed by atoms with van der Waals surface area (Å²) in [5, 5.41) is 4.20. The van der Waals surface area contributed by atoms with Crippen LogP contribution >= 0.6 is 0 Å². The summed E-state index contributed by atoms with van der Waals surface area (Å²) < 4.78 is 1.72. The molecule has 0 aliphatic heterocycles. The van der Waals surface area contributed by atoms with Gasteiger partial charge in [0.2, 0.25) is 0 Å². The molecule has 0 aliphatic rings. The second kappa shape index (κ2) is 3.25. The second-order valence-corrected chi connectivity index (χ2v) is 3.62. The van der Waals surface area contributed by atoms with Gasteiger partial charge in [-0.1, -0.05) is 19.9 Å². The van der Waals surface area contributed by atoms with Crippen LogP contribution in [0.15, 0.2) is 30.5 Å². The monoisotopic (exact) mass is 188 g/mol. The number of nitrogens with zero attached hydrogens (tertiary/aromatic N) is 2. The predicted octanol–water partition coefficient (Wildman–Crippen LogP) is 2.17. The van der Waals surface area contributed by atoms with E-state index in [-0.39, 0.29) is 11.7 Å². The molecule has 72 valence electrons. The van der Waals surface area contributed by atoms with Gasteiger partial charge in [0.15, 0.2) is 5.78 Å². The van der Waals surface area contributed by atoms with Crippen molar-refractivity contribution in [2.24, 2.45) is 5.92 Å². The van der Waals surface area contributed by atoms with Gasteiger partial charge in [-0.15, -0.1) is 0 Å². The molecule has 14 heavy (non-hydrogen) atoms. The van der Waals surface area contributed by atoms with Crippen molar-refractivity contribution in [3.63, 3.8) is 0 Å². The van der Waals surface area contributed by atoms with Crippen molar-refractivity contribution in [1.29, 1.82) is 0 Å². The zero-order valence-electron chi connectivity index (χ0n) is 8.27. The molecule has 0 aliphatic carbocycles. The molecule has 2 aromatic rings. The summed E-state index contributed by atoms with van der Waals surface area (Å²) in [5.41, 5.74) is 1.50. The number of fused-ring (bicyclic) bond motifs is 1. The quantitative estimate of drug-likeness (QED) is 0.677. The molecule has 0 fully saturated rings. The normalized spacial score (nSPS) is 11.1. The molecule has 2 heterocycles. The fourth-order valence-corrected chi connectivity index (χ4v) is 1.35. The fourth-order valence-electron chi connectivity index (χ4n) is 1.35. The Kier molecular flexibility index (Phi) is 2.08. The molecule has 0 aromatic carbocycles. The van der Waals surface area contributed by atoms with Gasteiger partial charge >= 0.3 is 0 Å². The number of aromatic nitrogens is 2. The summed E-state index contributed by atoms with van der Waals surface area (Å²) in [7, 11) is 0. The van der Waals surface area contributed by atoms with Crippen LogP contribution in [0.2, 0.25) is 0 Å². The number of pyridine rings is 1. The highest BCUT2D eigenvalue weighted by molar-refractivity contribution is 5.96. The highest BCUT2D eigenvalue weighted by Gasteiger charge is 2.13. The summed E-state index contributed by atoms with van der Waals surface area (Å²) >= 11 is 0. The van der Waals surface area contributed by atoms with Gasteiger partial charge in [0, 0.05) is 12.1 Å². The van der Waals surface area contributed by atoms with Crippen molar-refractivity contribution >= 4 is 11.3 Å². The third kappa shape index (κ3) is 1.41. The second-order valence-electron chi connectivity index (χ2n) is 3.62. The summed E-state index contributed by atoms with van der Waals surface area (Å²) in [6.07, 6.45) is 1.84. The van der Waals surface area contributed by atoms with Crippen molar-refractivity contribution in [2.45, 2.75) is 13.8 Å². The lowest BCUT2D eigenvalue weighted by molar-refractivity contribution is 0.0934. The SMILES string of the molecule is CC(C)C(=O)c1cc2ccccn2n1. The Balaban J connectivity index is 2.50. The van der Waals surface area contributed by atoms with Gasteiger partial charge < -0.3 is 0 Å². The Bertz CT molecular complexity index is 438. The largest absolute Gasteiger partial charge is 0.292 e. The Morgan fingerprint density at radius 3 is 2.86 bits per heavy atom. The number of hydrogen-bond donors (Lipinski definition) is 0. The van der Waals surface area contributed by atoms with Gasteiger partial charge in [0.25, 0.3) is 0 Å². The summed E-state index contributed by atoms with van der Waals surface area (Å²) in [5.74, 6) is 0.0913. The third-order valence-corrected chi connectivity index (χ3v) is 2.15. The first kappa shape index (κ1) is 8.94. The van der Waals surface area contributed by atoms with E-state index in [9.17, 15) is 4.79 Å². The number of hydrogen-bond acceptors (Lipinski definition) is 2. The van der Waals surface area contributed by atoms with E-state index in [2.05, 4.69) is 5.10 Å². The average Bonchev–Trinajstić information content (AvgIpc) is 2.59. The lowest BCUT2D eigenvalue weighted by atomic mass is 10.1. The average molecular weight is 188 g/mol. The van der Waals surface area contributed by atoms with Crippen molar-refractivity contribution in [2.75, 3.05) is 0 Å². The van der Waals surface area contributed by atoms with Gasteiger partial charge in [-0.2, -0.15) is 5.10 Å². The molecule has 0 saturated heterocycles. The minimum Gasteiger partial charge on any atom is -0.292 e. The van der Waals surface area contributed by atoms with Crippen LogP contribution in [0.3, 0.4) is 0 Å². The predicted molar refractivity (Wildman–Crippen MR) is 54.4 cm³/mol. The van der Waals surface area contributed by atoms with Crippen molar-refractivity contribution in [3.05, 3.63) is 36.2 Å². The van der Waals surface area contributed by atoms with E-state index in [4.69, 9.17) is 0 Å². The minimum absolute atomic E-state index is 0.0000813. The zero-order chi connectivity index (χ0) is 10.1. The van der Waals surface area contributed by atoms with E-state index >= 15 is 0 Å². The topological polar surface area (TPSA) is 34.4 Å². The number of Topliss-reactive ketones (excluding diaryl/α,β-unsaturated/α-hetero) is 1. The lowest BCUT2D eigenvalue weighted by Crippen LogP contribution is -2.08. The van der Waals surface area contributed by atoms with E-state index < -0.39 is 0 Å². The number of carbonyl (C=O) groups excluding carboxylic acids is 1. The molecule has 3 nitrogen and oxygen atoms in total. The van der Waals surface area contributed by atoms with Crippen LogP contribution in [-0.4, -0.2) is 15.4 Å². The van der Waals surface area contributed by atoms with Gasteiger partial charge in [0.05, 0.1) is 5.52 Å². The molecule has 2 aromatic heterocycles. The molecule has 0 amide bonds. The van der Waals surface area contributed by atoms with Crippen molar-refractivity contribution in [3.8, 4) is 0 Å². The molecular formula is C11H12N2O. The molecule has 0 unspecified atom stereocenters. The van der Waals surface area contributed by atoms with Crippen LogP contribution in [0.5, 0.6) is 0 Å². The Morgan fingerprint density at radius 1 is 1.43 bits per heavy atom. The molecule has 0 radical (unpaired) electrons. The smallest absolute Gasteiger partial charge is 0.185 e. The summed E-state index contributed by atoms with van der Waals surface area (Å²) in [4.78, 5) is 11.6. The molecular weight excluding hydrogens is 176 g/mol. The Labute approximate surface area is 82.4 Å². The van der Waals surface area contributed by atoms with E-state index in [1.54, 1.807) is 4.52 Å². The fraction of sp³-hybridized carbons (Fsp3) is 0.273. The standard InChI is InChI=1S/C11H12N2O/c1-8(2)11(14)10-7-9-5-3-4-6-13(9)12-10/h3-8H,1-2H3. The van der Waals surface area contributed by atoms with Crippen molar-refractivity contribution in [1.82, 2.24) is 9.61 Å². The first-order valence-corrected chi connectivity index (χ1v) is 4.67. The third-order valence-electron chi connectivity index (χ3n) is 2.15. The van der Waals surface area contributed by atoms with E-state index in [0.29, 0.717) is 5.69 Å². The van der Waals surface area contributed by atoms with Crippen LogP contribution in [0.1, 0.15) is 24.3 Å². The van der Waals surface area contributed by atoms with Crippen LogP contribution in [0.25, 0.3) is 5.52 Å². The first-order valence-electron chi connectivity index (χ1n) is 4.67.